The molecule has 1 amide bonds. The van der Waals surface area contributed by atoms with Gasteiger partial charge in [0.1, 0.15) is 12.3 Å². The number of aromatic nitrogens is 4. The second-order valence-corrected chi connectivity index (χ2v) is 5.22. The third kappa shape index (κ3) is 4.01. The lowest BCUT2D eigenvalue weighted by molar-refractivity contribution is 0.0948. The highest BCUT2D eigenvalue weighted by molar-refractivity contribution is 5.92. The van der Waals surface area contributed by atoms with E-state index in [0.29, 0.717) is 30.4 Å². The first kappa shape index (κ1) is 16.7. The number of carbonyl (C=O) groups is 1. The number of hydrogen-bond acceptors (Lipinski definition) is 6. The van der Waals surface area contributed by atoms with Gasteiger partial charge in [-0.05, 0) is 12.1 Å². The Morgan fingerprint density at radius 3 is 2.92 bits per heavy atom. The first-order chi connectivity index (χ1) is 12.2. The van der Waals surface area contributed by atoms with E-state index < -0.39 is 0 Å². The summed E-state index contributed by atoms with van der Waals surface area (Å²) in [5.41, 5.74) is 0.528. The summed E-state index contributed by atoms with van der Waals surface area (Å²) in [6.45, 7) is 0.566. The van der Waals surface area contributed by atoms with Crippen molar-refractivity contribution in [3.8, 4) is 5.69 Å². The molecule has 2 N–H and O–H groups in total. The number of ether oxygens (including phenoxy) is 1. The number of para-hydroxylation sites is 1. The number of methoxy groups -OCH3 is 1. The normalized spacial score (nSPS) is 10.8. The minimum atomic E-state index is -0.386. The molecule has 0 unspecified atom stereocenters. The lowest BCUT2D eigenvalue weighted by atomic mass is 10.3. The molecular formula is C16H17N5O4. The first-order valence-electron chi connectivity index (χ1n) is 7.63. The van der Waals surface area contributed by atoms with E-state index in [1.165, 1.54) is 10.7 Å². The highest BCUT2D eigenvalue weighted by atomic mass is 16.5. The fourth-order valence-corrected chi connectivity index (χ4v) is 2.24. The van der Waals surface area contributed by atoms with Crippen molar-refractivity contribution in [2.24, 2.45) is 0 Å². The Bertz CT molecular complexity index is 897. The van der Waals surface area contributed by atoms with Crippen LogP contribution in [0.15, 0.2) is 45.7 Å². The summed E-state index contributed by atoms with van der Waals surface area (Å²) in [6, 6.07) is 10.3. The van der Waals surface area contributed by atoms with Crippen LogP contribution >= 0.6 is 0 Å². The molecule has 9 heteroatoms. The SMILES string of the molecule is COCc1noc(CCNC(=O)c2cc(=O)n(-c3ccccc3)[nH]2)n1. The van der Waals surface area contributed by atoms with E-state index in [4.69, 9.17) is 9.26 Å². The number of aromatic amines is 1. The Labute approximate surface area is 142 Å². The summed E-state index contributed by atoms with van der Waals surface area (Å²) < 4.78 is 11.2. The van der Waals surface area contributed by atoms with Crippen molar-refractivity contribution in [2.75, 3.05) is 13.7 Å². The summed E-state index contributed by atoms with van der Waals surface area (Å²) in [5, 5.41) is 9.23. The number of nitrogens with one attached hydrogen (secondary N) is 2. The Morgan fingerprint density at radius 1 is 1.36 bits per heavy atom. The van der Waals surface area contributed by atoms with Gasteiger partial charge in [0.2, 0.25) is 5.89 Å². The van der Waals surface area contributed by atoms with Gasteiger partial charge in [-0.1, -0.05) is 23.4 Å². The van der Waals surface area contributed by atoms with Crippen molar-refractivity contribution in [1.82, 2.24) is 25.2 Å². The molecule has 0 bridgehead atoms. The monoisotopic (exact) mass is 343 g/mol. The third-order valence-corrected chi connectivity index (χ3v) is 3.39. The zero-order valence-corrected chi connectivity index (χ0v) is 13.6. The van der Waals surface area contributed by atoms with Crippen molar-refractivity contribution < 1.29 is 14.1 Å². The predicted molar refractivity (Wildman–Crippen MR) is 87.4 cm³/mol. The van der Waals surface area contributed by atoms with Gasteiger partial charge in [-0.25, -0.2) is 4.68 Å². The topological polar surface area (TPSA) is 115 Å². The standard InChI is InChI=1S/C16H17N5O4/c1-24-10-13-18-14(25-20-13)7-8-17-16(23)12-9-15(22)21(19-12)11-5-3-2-4-6-11/h2-6,9,19H,7-8,10H2,1H3,(H,17,23). The van der Waals surface area contributed by atoms with E-state index in [9.17, 15) is 9.59 Å². The van der Waals surface area contributed by atoms with E-state index in [1.807, 2.05) is 18.2 Å². The maximum atomic E-state index is 12.2. The van der Waals surface area contributed by atoms with Gasteiger partial charge in [-0.15, -0.1) is 0 Å². The molecule has 0 aliphatic carbocycles. The molecule has 3 rings (SSSR count). The molecule has 0 fully saturated rings. The van der Waals surface area contributed by atoms with Crippen LogP contribution in [0.4, 0.5) is 0 Å². The highest BCUT2D eigenvalue weighted by Crippen LogP contribution is 2.03. The summed E-state index contributed by atoms with van der Waals surface area (Å²) in [4.78, 5) is 28.3. The van der Waals surface area contributed by atoms with Crippen molar-refractivity contribution in [2.45, 2.75) is 13.0 Å². The molecule has 0 radical (unpaired) electrons. The highest BCUT2D eigenvalue weighted by Gasteiger charge is 2.12. The molecule has 0 spiro atoms. The maximum Gasteiger partial charge on any atom is 0.271 e. The molecule has 0 saturated heterocycles. The Morgan fingerprint density at radius 2 is 2.16 bits per heavy atom. The fourth-order valence-electron chi connectivity index (χ4n) is 2.24. The van der Waals surface area contributed by atoms with Gasteiger partial charge in [-0.2, -0.15) is 4.98 Å². The second kappa shape index (κ2) is 7.58. The zero-order valence-electron chi connectivity index (χ0n) is 13.6. The van der Waals surface area contributed by atoms with Crippen LogP contribution in [0.3, 0.4) is 0 Å². The largest absolute Gasteiger partial charge is 0.377 e. The number of amides is 1. The molecule has 2 heterocycles. The number of nitrogens with zero attached hydrogens (tertiary/aromatic N) is 3. The molecule has 130 valence electrons. The van der Waals surface area contributed by atoms with Crippen LogP contribution in [-0.4, -0.2) is 39.5 Å². The molecule has 0 atom stereocenters. The van der Waals surface area contributed by atoms with E-state index >= 15 is 0 Å². The Balaban J connectivity index is 1.59. The first-order valence-corrected chi connectivity index (χ1v) is 7.63. The Hall–Kier alpha value is -3.20. The van der Waals surface area contributed by atoms with E-state index in [-0.39, 0.29) is 23.8 Å². The van der Waals surface area contributed by atoms with Crippen LogP contribution in [-0.2, 0) is 17.8 Å². The lowest BCUT2D eigenvalue weighted by Crippen LogP contribution is -2.26. The van der Waals surface area contributed by atoms with Crippen LogP contribution in [0.1, 0.15) is 22.2 Å². The lowest BCUT2D eigenvalue weighted by Gasteiger charge is -2.02. The van der Waals surface area contributed by atoms with Crippen LogP contribution in [0.2, 0.25) is 0 Å². The number of H-pyrrole nitrogens is 1. The second-order valence-electron chi connectivity index (χ2n) is 5.22. The summed E-state index contributed by atoms with van der Waals surface area (Å²) in [6.07, 6.45) is 0.381. The molecule has 1 aromatic carbocycles. The number of benzene rings is 1. The molecule has 9 nitrogen and oxygen atoms in total. The van der Waals surface area contributed by atoms with Crippen LogP contribution in [0.25, 0.3) is 5.69 Å². The summed E-state index contributed by atoms with van der Waals surface area (Å²) in [7, 11) is 1.54. The van der Waals surface area contributed by atoms with Crippen LogP contribution in [0, 0.1) is 0 Å². The molecule has 3 aromatic rings. The number of hydrogen-bond donors (Lipinski definition) is 2. The summed E-state index contributed by atoms with van der Waals surface area (Å²) in [5.74, 6) is 0.471. The molecule has 0 saturated carbocycles. The minimum Gasteiger partial charge on any atom is -0.377 e. The quantitative estimate of drug-likeness (QED) is 0.651. The average molecular weight is 343 g/mol. The van der Waals surface area contributed by atoms with Gasteiger partial charge in [-0.3, -0.25) is 14.7 Å². The van der Waals surface area contributed by atoms with Crippen molar-refractivity contribution in [1.29, 1.82) is 0 Å². The van der Waals surface area contributed by atoms with Crippen LogP contribution < -0.4 is 10.9 Å². The van der Waals surface area contributed by atoms with Crippen molar-refractivity contribution in [3.63, 3.8) is 0 Å². The van der Waals surface area contributed by atoms with E-state index in [0.717, 1.165) is 0 Å². The molecule has 25 heavy (non-hydrogen) atoms. The fraction of sp³-hybridized carbons (Fsp3) is 0.250. The average Bonchev–Trinajstić information content (AvgIpc) is 3.23. The minimum absolute atomic E-state index is 0.180. The van der Waals surface area contributed by atoms with E-state index in [1.54, 1.807) is 19.2 Å². The number of carbonyl (C=O) groups excluding carboxylic acids is 1. The van der Waals surface area contributed by atoms with E-state index in [2.05, 4.69) is 20.6 Å². The van der Waals surface area contributed by atoms with Gasteiger partial charge in [0, 0.05) is 26.1 Å². The van der Waals surface area contributed by atoms with Crippen molar-refractivity contribution >= 4 is 5.91 Å². The zero-order chi connectivity index (χ0) is 17.6. The molecule has 0 aliphatic rings. The maximum absolute atomic E-state index is 12.2. The van der Waals surface area contributed by atoms with Crippen molar-refractivity contribution in [3.05, 3.63) is 64.2 Å². The third-order valence-electron chi connectivity index (χ3n) is 3.39. The molecule has 0 aliphatic heterocycles. The summed E-state index contributed by atoms with van der Waals surface area (Å²) >= 11 is 0. The molecular weight excluding hydrogens is 326 g/mol. The predicted octanol–water partition coefficient (Wildman–Crippen LogP) is 0.667. The van der Waals surface area contributed by atoms with Gasteiger partial charge < -0.3 is 14.6 Å². The molecule has 2 aromatic heterocycles. The van der Waals surface area contributed by atoms with Gasteiger partial charge in [0.25, 0.3) is 11.5 Å². The van der Waals surface area contributed by atoms with Crippen LogP contribution in [0.5, 0.6) is 0 Å². The smallest absolute Gasteiger partial charge is 0.271 e. The van der Waals surface area contributed by atoms with Gasteiger partial charge in [0.05, 0.1) is 5.69 Å². The Kier molecular flexibility index (Phi) is 5.05. The van der Waals surface area contributed by atoms with Gasteiger partial charge >= 0.3 is 0 Å². The van der Waals surface area contributed by atoms with Gasteiger partial charge in [0.15, 0.2) is 5.82 Å². The number of rotatable bonds is 7.